The third-order valence-electron chi connectivity index (χ3n) is 3.37. The van der Waals surface area contributed by atoms with Gasteiger partial charge in [0.2, 0.25) is 0 Å². The van der Waals surface area contributed by atoms with E-state index in [0.717, 1.165) is 23.4 Å². The molecule has 0 unspecified atom stereocenters. The summed E-state index contributed by atoms with van der Waals surface area (Å²) in [5.74, 6) is -0.318. The minimum atomic E-state index is -4.45. The van der Waals surface area contributed by atoms with Crippen molar-refractivity contribution in [3.63, 3.8) is 0 Å². The number of ketones is 1. The molecular formula is C14H9ClF3NO. The Balaban J connectivity index is 2.11. The predicted molar refractivity (Wildman–Crippen MR) is 68.0 cm³/mol. The van der Waals surface area contributed by atoms with E-state index in [2.05, 4.69) is 0 Å². The standard InChI is InChI=1S/C14H9ClF3NO/c15-11-2-1-8-4-13(20)12-5-10(14(16,17)18)7-19(12)6-9(8)3-11/h1-3,5,7H,4,6H2. The molecule has 3 rings (SSSR count). The molecular weight excluding hydrogens is 291 g/mol. The lowest BCUT2D eigenvalue weighted by atomic mass is 10.0. The van der Waals surface area contributed by atoms with E-state index >= 15 is 0 Å². The molecule has 1 aromatic heterocycles. The molecule has 2 heterocycles. The Morgan fingerprint density at radius 1 is 1.15 bits per heavy atom. The average molecular weight is 300 g/mol. The maximum absolute atomic E-state index is 12.7. The van der Waals surface area contributed by atoms with Gasteiger partial charge in [-0.15, -0.1) is 0 Å². The second-order valence-corrected chi connectivity index (χ2v) is 5.19. The topological polar surface area (TPSA) is 22.0 Å². The Bertz CT molecular complexity index is 703. The van der Waals surface area contributed by atoms with E-state index in [1.165, 1.54) is 4.57 Å². The van der Waals surface area contributed by atoms with Gasteiger partial charge in [0.15, 0.2) is 5.78 Å². The Kier molecular flexibility index (Phi) is 2.90. The van der Waals surface area contributed by atoms with Gasteiger partial charge in [-0.3, -0.25) is 4.79 Å². The Morgan fingerprint density at radius 3 is 2.60 bits per heavy atom. The van der Waals surface area contributed by atoms with Crippen LogP contribution < -0.4 is 0 Å². The zero-order chi connectivity index (χ0) is 14.5. The van der Waals surface area contributed by atoms with Crippen molar-refractivity contribution in [2.45, 2.75) is 19.1 Å². The molecule has 0 aliphatic carbocycles. The summed E-state index contributed by atoms with van der Waals surface area (Å²) in [4.78, 5) is 12.1. The first-order valence-corrected chi connectivity index (χ1v) is 6.30. The van der Waals surface area contributed by atoms with Gasteiger partial charge in [-0.05, 0) is 29.3 Å². The molecule has 1 aliphatic heterocycles. The smallest absolute Gasteiger partial charge is 0.340 e. The van der Waals surface area contributed by atoms with Gasteiger partial charge in [-0.25, -0.2) is 0 Å². The van der Waals surface area contributed by atoms with E-state index in [0.29, 0.717) is 5.02 Å². The van der Waals surface area contributed by atoms with E-state index < -0.39 is 11.7 Å². The summed E-state index contributed by atoms with van der Waals surface area (Å²) in [6.07, 6.45) is -3.38. The number of alkyl halides is 3. The second kappa shape index (κ2) is 4.38. The van der Waals surface area contributed by atoms with Crippen LogP contribution in [-0.2, 0) is 19.1 Å². The molecule has 0 amide bonds. The van der Waals surface area contributed by atoms with Crippen LogP contribution in [-0.4, -0.2) is 10.4 Å². The molecule has 0 N–H and O–H groups in total. The SMILES string of the molecule is O=C1Cc2ccc(Cl)cc2Cn2cc(C(F)(F)F)cc21. The molecule has 0 saturated heterocycles. The number of rotatable bonds is 0. The number of aromatic nitrogens is 1. The fraction of sp³-hybridized carbons (Fsp3) is 0.214. The van der Waals surface area contributed by atoms with Gasteiger partial charge >= 0.3 is 6.18 Å². The number of fused-ring (bicyclic) bond motifs is 2. The van der Waals surface area contributed by atoms with Gasteiger partial charge < -0.3 is 4.57 Å². The maximum atomic E-state index is 12.7. The second-order valence-electron chi connectivity index (χ2n) is 4.75. The van der Waals surface area contributed by atoms with Gasteiger partial charge in [0, 0.05) is 24.2 Å². The zero-order valence-electron chi connectivity index (χ0n) is 10.2. The number of carbonyl (C=O) groups is 1. The van der Waals surface area contributed by atoms with Gasteiger partial charge in [-0.1, -0.05) is 17.7 Å². The fourth-order valence-corrected chi connectivity index (χ4v) is 2.59. The molecule has 0 spiro atoms. The quantitative estimate of drug-likeness (QED) is 0.722. The molecule has 1 aromatic carbocycles. The van der Waals surface area contributed by atoms with Crippen LogP contribution in [0.3, 0.4) is 0 Å². The highest BCUT2D eigenvalue weighted by Gasteiger charge is 2.34. The summed E-state index contributed by atoms with van der Waals surface area (Å²) in [6, 6.07) is 6.02. The molecule has 104 valence electrons. The molecule has 6 heteroatoms. The summed E-state index contributed by atoms with van der Waals surface area (Å²) < 4.78 is 39.5. The van der Waals surface area contributed by atoms with Crippen LogP contribution in [0.4, 0.5) is 13.2 Å². The summed E-state index contributed by atoms with van der Waals surface area (Å²) in [7, 11) is 0. The Hall–Kier alpha value is -1.75. The van der Waals surface area contributed by atoms with Crippen molar-refractivity contribution in [1.82, 2.24) is 4.57 Å². The highest BCUT2D eigenvalue weighted by Crippen LogP contribution is 2.32. The summed E-state index contributed by atoms with van der Waals surface area (Å²) in [5, 5.41) is 0.503. The van der Waals surface area contributed by atoms with Crippen molar-refractivity contribution >= 4 is 17.4 Å². The number of hydrogen-bond acceptors (Lipinski definition) is 1. The Labute approximate surface area is 117 Å². The summed E-state index contributed by atoms with van der Waals surface area (Å²) >= 11 is 5.90. The first-order chi connectivity index (χ1) is 9.34. The third-order valence-corrected chi connectivity index (χ3v) is 3.60. The lowest BCUT2D eigenvalue weighted by molar-refractivity contribution is -0.137. The van der Waals surface area contributed by atoms with Crippen LogP contribution in [0.5, 0.6) is 0 Å². The molecule has 0 atom stereocenters. The van der Waals surface area contributed by atoms with Gasteiger partial charge in [0.05, 0.1) is 11.3 Å². The summed E-state index contributed by atoms with van der Waals surface area (Å²) in [6.45, 7) is 0.215. The van der Waals surface area contributed by atoms with Crippen LogP contribution in [0.1, 0.15) is 27.2 Å². The maximum Gasteiger partial charge on any atom is 0.417 e. The summed E-state index contributed by atoms with van der Waals surface area (Å²) in [5.41, 5.74) is 0.863. The van der Waals surface area contributed by atoms with Crippen molar-refractivity contribution < 1.29 is 18.0 Å². The van der Waals surface area contributed by atoms with Crippen molar-refractivity contribution in [2.75, 3.05) is 0 Å². The molecule has 20 heavy (non-hydrogen) atoms. The third kappa shape index (κ3) is 2.22. The Morgan fingerprint density at radius 2 is 1.90 bits per heavy atom. The molecule has 0 fully saturated rings. The highest BCUT2D eigenvalue weighted by atomic mass is 35.5. The highest BCUT2D eigenvalue weighted by molar-refractivity contribution is 6.30. The number of carbonyl (C=O) groups excluding carboxylic acids is 1. The molecule has 0 saturated carbocycles. The van der Waals surface area contributed by atoms with Crippen LogP contribution in [0, 0.1) is 0 Å². The number of benzene rings is 1. The largest absolute Gasteiger partial charge is 0.417 e. The van der Waals surface area contributed by atoms with Crippen LogP contribution in [0.15, 0.2) is 30.5 Å². The molecule has 0 bridgehead atoms. The molecule has 2 aromatic rings. The fourth-order valence-electron chi connectivity index (χ4n) is 2.39. The molecule has 1 aliphatic rings. The number of nitrogens with zero attached hydrogens (tertiary/aromatic N) is 1. The van der Waals surface area contributed by atoms with E-state index in [-0.39, 0.29) is 24.4 Å². The lowest BCUT2D eigenvalue weighted by Crippen LogP contribution is -2.05. The van der Waals surface area contributed by atoms with E-state index in [9.17, 15) is 18.0 Å². The van der Waals surface area contributed by atoms with Crippen LogP contribution in [0.2, 0.25) is 5.02 Å². The van der Waals surface area contributed by atoms with Crippen molar-refractivity contribution in [3.05, 3.63) is 57.9 Å². The van der Waals surface area contributed by atoms with E-state index in [4.69, 9.17) is 11.6 Å². The number of halogens is 4. The monoisotopic (exact) mass is 299 g/mol. The minimum absolute atomic E-state index is 0.0876. The first kappa shape index (κ1) is 13.2. The normalized spacial score (nSPS) is 14.7. The zero-order valence-corrected chi connectivity index (χ0v) is 10.9. The molecule has 0 radical (unpaired) electrons. The van der Waals surface area contributed by atoms with Crippen LogP contribution in [0.25, 0.3) is 0 Å². The predicted octanol–water partition coefficient (Wildman–Crippen LogP) is 3.95. The average Bonchev–Trinajstić information content (AvgIpc) is 2.71. The number of hydrogen-bond donors (Lipinski definition) is 0. The van der Waals surface area contributed by atoms with E-state index in [1.807, 2.05) is 0 Å². The van der Waals surface area contributed by atoms with E-state index in [1.54, 1.807) is 18.2 Å². The number of Topliss-reactive ketones (excluding diaryl/α,β-unsaturated/α-hetero) is 1. The van der Waals surface area contributed by atoms with Crippen molar-refractivity contribution in [1.29, 1.82) is 0 Å². The van der Waals surface area contributed by atoms with Crippen LogP contribution >= 0.6 is 11.6 Å². The van der Waals surface area contributed by atoms with Gasteiger partial charge in [0.1, 0.15) is 0 Å². The van der Waals surface area contributed by atoms with Gasteiger partial charge in [0.25, 0.3) is 0 Å². The van der Waals surface area contributed by atoms with Gasteiger partial charge in [-0.2, -0.15) is 13.2 Å². The van der Waals surface area contributed by atoms with Crippen molar-refractivity contribution in [3.8, 4) is 0 Å². The lowest BCUT2D eigenvalue weighted by Gasteiger charge is -2.07. The molecule has 2 nitrogen and oxygen atoms in total. The minimum Gasteiger partial charge on any atom is -0.340 e. The van der Waals surface area contributed by atoms with Crippen molar-refractivity contribution in [2.24, 2.45) is 0 Å². The first-order valence-electron chi connectivity index (χ1n) is 5.92.